The topological polar surface area (TPSA) is 15.7 Å². The first-order valence-corrected chi connectivity index (χ1v) is 6.15. The largest absolute Gasteiger partial charge is 0.496 e. The molecule has 1 aliphatic heterocycles. The van der Waals surface area contributed by atoms with Crippen LogP contribution in [0.1, 0.15) is 17.2 Å². The first kappa shape index (κ1) is 12.4. The summed E-state index contributed by atoms with van der Waals surface area (Å²) in [6.07, 6.45) is 0. The third kappa shape index (κ3) is 2.61. The summed E-state index contributed by atoms with van der Waals surface area (Å²) in [6.45, 7) is 5.49. The number of ether oxygens (including phenoxy) is 1. The molecule has 0 radical (unpaired) electrons. The van der Waals surface area contributed by atoms with Gasteiger partial charge in [0.25, 0.3) is 0 Å². The van der Waals surface area contributed by atoms with E-state index in [9.17, 15) is 0 Å². The zero-order valence-corrected chi connectivity index (χ0v) is 11.2. The Morgan fingerprint density at radius 2 is 2.00 bits per heavy atom. The molecule has 17 heavy (non-hydrogen) atoms. The lowest BCUT2D eigenvalue weighted by atomic mass is 10.0. The molecule has 2 rings (SSSR count). The van der Waals surface area contributed by atoms with Crippen LogP contribution >= 0.6 is 0 Å². The first-order valence-electron chi connectivity index (χ1n) is 6.15. The monoisotopic (exact) mass is 234 g/mol. The molecule has 1 aromatic rings. The summed E-state index contributed by atoms with van der Waals surface area (Å²) < 4.78 is 5.31. The average Bonchev–Trinajstić information content (AvgIpc) is 2.32. The van der Waals surface area contributed by atoms with E-state index >= 15 is 0 Å². The minimum Gasteiger partial charge on any atom is -0.496 e. The van der Waals surface area contributed by atoms with Crippen molar-refractivity contribution in [3.63, 3.8) is 0 Å². The Morgan fingerprint density at radius 3 is 2.65 bits per heavy atom. The number of hydrogen-bond acceptors (Lipinski definition) is 3. The van der Waals surface area contributed by atoms with E-state index in [0.29, 0.717) is 6.04 Å². The van der Waals surface area contributed by atoms with Crippen molar-refractivity contribution < 1.29 is 4.74 Å². The van der Waals surface area contributed by atoms with Crippen LogP contribution < -0.4 is 4.74 Å². The molecule has 1 aliphatic rings. The molecule has 0 aromatic heterocycles. The van der Waals surface area contributed by atoms with Crippen LogP contribution in [0.5, 0.6) is 5.75 Å². The van der Waals surface area contributed by atoms with E-state index in [1.165, 1.54) is 11.1 Å². The van der Waals surface area contributed by atoms with Gasteiger partial charge in [-0.1, -0.05) is 12.1 Å². The summed E-state index contributed by atoms with van der Waals surface area (Å²) in [5.41, 5.74) is 2.60. The van der Waals surface area contributed by atoms with Crippen LogP contribution in [0.25, 0.3) is 0 Å². The average molecular weight is 234 g/mol. The van der Waals surface area contributed by atoms with Gasteiger partial charge in [-0.25, -0.2) is 0 Å². The van der Waals surface area contributed by atoms with Crippen molar-refractivity contribution in [2.75, 3.05) is 40.8 Å². The van der Waals surface area contributed by atoms with Crippen molar-refractivity contribution in [3.05, 3.63) is 29.3 Å². The summed E-state index contributed by atoms with van der Waals surface area (Å²) in [5, 5.41) is 0. The van der Waals surface area contributed by atoms with Crippen molar-refractivity contribution in [1.29, 1.82) is 0 Å². The number of rotatable bonds is 2. The van der Waals surface area contributed by atoms with Crippen molar-refractivity contribution >= 4 is 0 Å². The van der Waals surface area contributed by atoms with Crippen molar-refractivity contribution in [3.8, 4) is 5.75 Å². The second-order valence-corrected chi connectivity index (χ2v) is 4.99. The fourth-order valence-corrected chi connectivity index (χ4v) is 2.48. The molecule has 0 saturated carbocycles. The molecule has 94 valence electrons. The Bertz CT molecular complexity index is 392. The summed E-state index contributed by atoms with van der Waals surface area (Å²) in [5.74, 6) is 0.973. The van der Waals surface area contributed by atoms with Crippen LogP contribution in [-0.2, 0) is 0 Å². The lowest BCUT2D eigenvalue weighted by Crippen LogP contribution is -2.44. The predicted molar refractivity (Wildman–Crippen MR) is 70.6 cm³/mol. The Balaban J connectivity index is 2.23. The zero-order valence-electron chi connectivity index (χ0n) is 11.2. The number of aryl methyl sites for hydroxylation is 1. The molecule has 1 aromatic carbocycles. The van der Waals surface area contributed by atoms with Gasteiger partial charge in [0.2, 0.25) is 0 Å². The first-order chi connectivity index (χ1) is 8.11. The van der Waals surface area contributed by atoms with E-state index in [0.717, 1.165) is 25.4 Å². The highest BCUT2D eigenvalue weighted by atomic mass is 16.5. The van der Waals surface area contributed by atoms with Crippen molar-refractivity contribution in [1.82, 2.24) is 9.80 Å². The van der Waals surface area contributed by atoms with Gasteiger partial charge in [0.05, 0.1) is 7.11 Å². The van der Waals surface area contributed by atoms with Crippen LogP contribution in [0.2, 0.25) is 0 Å². The Morgan fingerprint density at radius 1 is 1.24 bits per heavy atom. The quantitative estimate of drug-likeness (QED) is 0.777. The van der Waals surface area contributed by atoms with Crippen molar-refractivity contribution in [2.24, 2.45) is 0 Å². The molecule has 1 unspecified atom stereocenters. The number of benzene rings is 1. The van der Waals surface area contributed by atoms with Gasteiger partial charge in [0.1, 0.15) is 5.75 Å². The Hall–Kier alpha value is -1.06. The predicted octanol–water partition coefficient (Wildman–Crippen LogP) is 1.92. The van der Waals surface area contributed by atoms with Crippen LogP contribution in [0, 0.1) is 6.92 Å². The number of methoxy groups -OCH3 is 1. The van der Waals surface area contributed by atoms with Gasteiger partial charge in [0, 0.05) is 25.7 Å². The zero-order chi connectivity index (χ0) is 12.4. The summed E-state index contributed by atoms with van der Waals surface area (Å²) in [6, 6.07) is 7.01. The van der Waals surface area contributed by atoms with E-state index in [4.69, 9.17) is 4.74 Å². The van der Waals surface area contributed by atoms with Crippen LogP contribution in [0.15, 0.2) is 18.2 Å². The number of piperazine rings is 1. The molecule has 1 heterocycles. The van der Waals surface area contributed by atoms with Gasteiger partial charge in [-0.15, -0.1) is 0 Å². The molecule has 1 saturated heterocycles. The third-order valence-electron chi connectivity index (χ3n) is 3.65. The van der Waals surface area contributed by atoms with E-state index in [-0.39, 0.29) is 0 Å². The lowest BCUT2D eigenvalue weighted by molar-refractivity contribution is 0.115. The van der Waals surface area contributed by atoms with Crippen molar-refractivity contribution in [2.45, 2.75) is 13.0 Å². The fraction of sp³-hybridized carbons (Fsp3) is 0.571. The molecule has 0 aliphatic carbocycles. The maximum Gasteiger partial charge on any atom is 0.121 e. The SMILES string of the molecule is COc1ccc(C2CN(C)CCN2C)cc1C. The normalized spacial score (nSPS) is 22.7. The second kappa shape index (κ2) is 5.07. The van der Waals surface area contributed by atoms with E-state index in [2.05, 4.69) is 49.0 Å². The molecule has 0 amide bonds. The van der Waals surface area contributed by atoms with Gasteiger partial charge >= 0.3 is 0 Å². The molecule has 0 N–H and O–H groups in total. The number of nitrogens with zero attached hydrogens (tertiary/aromatic N) is 2. The van der Waals surface area contributed by atoms with E-state index in [1.807, 2.05) is 0 Å². The third-order valence-corrected chi connectivity index (χ3v) is 3.65. The van der Waals surface area contributed by atoms with Gasteiger partial charge in [-0.3, -0.25) is 4.90 Å². The lowest BCUT2D eigenvalue weighted by Gasteiger charge is -2.38. The summed E-state index contributed by atoms with van der Waals surface area (Å²) >= 11 is 0. The minimum atomic E-state index is 0.498. The highest BCUT2D eigenvalue weighted by molar-refractivity contribution is 5.37. The molecule has 3 heteroatoms. The van der Waals surface area contributed by atoms with Gasteiger partial charge < -0.3 is 9.64 Å². The Kier molecular flexibility index (Phi) is 3.69. The molecule has 1 atom stereocenters. The fourth-order valence-electron chi connectivity index (χ4n) is 2.48. The minimum absolute atomic E-state index is 0.498. The van der Waals surface area contributed by atoms with Gasteiger partial charge in [-0.05, 0) is 38.2 Å². The summed E-state index contributed by atoms with van der Waals surface area (Å²) in [4.78, 5) is 4.82. The van der Waals surface area contributed by atoms with Crippen LogP contribution in [0.4, 0.5) is 0 Å². The van der Waals surface area contributed by atoms with E-state index in [1.54, 1.807) is 7.11 Å². The van der Waals surface area contributed by atoms with Gasteiger partial charge in [0.15, 0.2) is 0 Å². The highest BCUT2D eigenvalue weighted by Crippen LogP contribution is 2.27. The van der Waals surface area contributed by atoms with E-state index < -0.39 is 0 Å². The van der Waals surface area contributed by atoms with Crippen LogP contribution in [-0.4, -0.2) is 50.6 Å². The standard InChI is InChI=1S/C14H22N2O/c1-11-9-12(5-6-14(11)17-4)13-10-15(2)7-8-16(13)3/h5-6,9,13H,7-8,10H2,1-4H3. The molecular weight excluding hydrogens is 212 g/mol. The molecular formula is C14H22N2O. The van der Waals surface area contributed by atoms with Crippen LogP contribution in [0.3, 0.4) is 0 Å². The molecule has 0 bridgehead atoms. The highest BCUT2D eigenvalue weighted by Gasteiger charge is 2.23. The Labute approximate surface area is 104 Å². The maximum absolute atomic E-state index is 5.31. The molecule has 3 nitrogen and oxygen atoms in total. The number of hydrogen-bond donors (Lipinski definition) is 0. The number of likely N-dealkylation sites (N-methyl/N-ethyl adjacent to an activating group) is 2. The molecule has 1 fully saturated rings. The second-order valence-electron chi connectivity index (χ2n) is 4.99. The molecule has 0 spiro atoms. The summed E-state index contributed by atoms with van der Waals surface area (Å²) in [7, 11) is 6.12. The maximum atomic E-state index is 5.31. The smallest absolute Gasteiger partial charge is 0.121 e. The van der Waals surface area contributed by atoms with Gasteiger partial charge in [-0.2, -0.15) is 0 Å².